The molecule has 2 N–H and O–H groups in total. The van der Waals surface area contributed by atoms with Gasteiger partial charge in [0.1, 0.15) is 0 Å². The van der Waals surface area contributed by atoms with E-state index in [9.17, 15) is 0 Å². The third kappa shape index (κ3) is 12.2. The van der Waals surface area contributed by atoms with E-state index < -0.39 is 0 Å². The quantitative estimate of drug-likeness (QED) is 0.270. The molecular formula is C22H43N3. The maximum absolute atomic E-state index is 5.86. The van der Waals surface area contributed by atoms with Crippen molar-refractivity contribution in [1.82, 2.24) is 4.90 Å². The van der Waals surface area contributed by atoms with Gasteiger partial charge in [-0.2, -0.15) is 0 Å². The van der Waals surface area contributed by atoms with E-state index in [0.717, 1.165) is 13.1 Å². The van der Waals surface area contributed by atoms with E-state index in [-0.39, 0.29) is 0 Å². The van der Waals surface area contributed by atoms with E-state index in [1.165, 1.54) is 89.9 Å². The molecule has 0 aromatic heterocycles. The summed E-state index contributed by atoms with van der Waals surface area (Å²) in [5, 5.41) is 0. The Morgan fingerprint density at radius 1 is 0.920 bits per heavy atom. The fourth-order valence-electron chi connectivity index (χ4n) is 3.50. The highest BCUT2D eigenvalue weighted by Gasteiger charge is 2.13. The molecule has 1 aliphatic heterocycles. The number of unbranched alkanes of at least 4 members (excludes halogenated alkanes) is 13. The number of rotatable bonds is 17. The zero-order valence-corrected chi connectivity index (χ0v) is 16.8. The minimum Gasteiger partial charge on any atom is -0.353 e. The highest BCUT2D eigenvalue weighted by atomic mass is 15.2. The first kappa shape index (κ1) is 22.2. The Kier molecular flexibility index (Phi) is 14.8. The molecule has 0 aliphatic carbocycles. The molecule has 146 valence electrons. The summed E-state index contributed by atoms with van der Waals surface area (Å²) in [5.41, 5.74) is 5.86. The number of nitrogens with zero attached hydrogens (tertiary/aromatic N) is 2. The van der Waals surface area contributed by atoms with Gasteiger partial charge in [-0.15, -0.1) is 0 Å². The largest absolute Gasteiger partial charge is 0.353 e. The van der Waals surface area contributed by atoms with Crippen molar-refractivity contribution in [3.63, 3.8) is 0 Å². The van der Waals surface area contributed by atoms with Crippen LogP contribution in [0.1, 0.15) is 96.8 Å². The van der Waals surface area contributed by atoms with Crippen LogP contribution in [-0.4, -0.2) is 36.9 Å². The first-order valence-corrected chi connectivity index (χ1v) is 11.0. The maximum atomic E-state index is 5.86. The molecule has 25 heavy (non-hydrogen) atoms. The van der Waals surface area contributed by atoms with Crippen LogP contribution in [0.3, 0.4) is 0 Å². The van der Waals surface area contributed by atoms with Gasteiger partial charge in [0.2, 0.25) is 0 Å². The average molecular weight is 350 g/mol. The maximum Gasteiger partial charge on any atom is 0.0856 e. The molecule has 3 heteroatoms. The molecule has 0 saturated heterocycles. The summed E-state index contributed by atoms with van der Waals surface area (Å²) in [7, 11) is 0. The second kappa shape index (κ2) is 16.6. The van der Waals surface area contributed by atoms with Crippen molar-refractivity contribution in [2.75, 3.05) is 19.6 Å². The molecule has 3 nitrogen and oxygen atoms in total. The van der Waals surface area contributed by atoms with E-state index in [1.54, 1.807) is 0 Å². The van der Waals surface area contributed by atoms with E-state index in [4.69, 9.17) is 5.73 Å². The van der Waals surface area contributed by atoms with Crippen molar-refractivity contribution < 1.29 is 0 Å². The van der Waals surface area contributed by atoms with Crippen LogP contribution < -0.4 is 5.73 Å². The van der Waals surface area contributed by atoms with Crippen molar-refractivity contribution in [2.45, 2.75) is 103 Å². The fraction of sp³-hybridized carbons (Fsp3) is 0.864. The molecule has 0 fully saturated rings. The smallest absolute Gasteiger partial charge is 0.0856 e. The van der Waals surface area contributed by atoms with Crippen LogP contribution in [0.4, 0.5) is 0 Å². The van der Waals surface area contributed by atoms with Crippen LogP contribution in [0.2, 0.25) is 0 Å². The normalized spacial score (nSPS) is 15.5. The second-order valence-corrected chi connectivity index (χ2v) is 7.52. The number of hydrogen-bond donors (Lipinski definition) is 1. The Bertz CT molecular complexity index is 338. The molecule has 1 unspecified atom stereocenters. The highest BCUT2D eigenvalue weighted by Crippen LogP contribution is 2.13. The van der Waals surface area contributed by atoms with Gasteiger partial charge in [-0.1, -0.05) is 96.1 Å². The van der Waals surface area contributed by atoms with Gasteiger partial charge in [-0.05, 0) is 12.8 Å². The molecule has 1 heterocycles. The van der Waals surface area contributed by atoms with E-state index in [2.05, 4.69) is 29.0 Å². The Morgan fingerprint density at radius 3 is 1.96 bits per heavy atom. The molecule has 1 rings (SSSR count). The monoisotopic (exact) mass is 349 g/mol. The third-order valence-corrected chi connectivity index (χ3v) is 5.22. The molecule has 0 spiro atoms. The average Bonchev–Trinajstić information content (AvgIpc) is 3.16. The van der Waals surface area contributed by atoms with Crippen molar-refractivity contribution >= 4 is 6.34 Å². The van der Waals surface area contributed by atoms with E-state index >= 15 is 0 Å². The number of aliphatic imine (C=N–C) groups is 1. The summed E-state index contributed by atoms with van der Waals surface area (Å²) >= 11 is 0. The van der Waals surface area contributed by atoms with Crippen molar-refractivity contribution in [3.8, 4) is 0 Å². The minimum atomic E-state index is 0.341. The number of allylic oxidation sites excluding steroid dienone is 1. The lowest BCUT2D eigenvalue weighted by Gasteiger charge is -2.22. The van der Waals surface area contributed by atoms with Gasteiger partial charge in [0.25, 0.3) is 0 Å². The number of hydrogen-bond acceptors (Lipinski definition) is 3. The van der Waals surface area contributed by atoms with Gasteiger partial charge < -0.3 is 10.6 Å². The van der Waals surface area contributed by atoms with E-state index in [0.29, 0.717) is 12.6 Å². The summed E-state index contributed by atoms with van der Waals surface area (Å²) in [4.78, 5) is 6.52. The first-order chi connectivity index (χ1) is 12.4. The molecule has 0 amide bonds. The topological polar surface area (TPSA) is 41.6 Å². The van der Waals surface area contributed by atoms with Crippen LogP contribution in [0.5, 0.6) is 0 Å². The molecular weight excluding hydrogens is 306 g/mol. The summed E-state index contributed by atoms with van der Waals surface area (Å²) in [6.45, 7) is 4.91. The van der Waals surface area contributed by atoms with Crippen LogP contribution in [-0.2, 0) is 0 Å². The Labute approximate surface area is 157 Å². The van der Waals surface area contributed by atoms with Gasteiger partial charge in [0.15, 0.2) is 0 Å². The van der Waals surface area contributed by atoms with Gasteiger partial charge in [0.05, 0.1) is 18.9 Å². The lowest BCUT2D eigenvalue weighted by atomic mass is 10.0. The highest BCUT2D eigenvalue weighted by molar-refractivity contribution is 5.58. The Balaban J connectivity index is 1.82. The zero-order chi connectivity index (χ0) is 18.0. The summed E-state index contributed by atoms with van der Waals surface area (Å²) in [5.74, 6) is 0. The van der Waals surface area contributed by atoms with Crippen molar-refractivity contribution in [1.29, 1.82) is 0 Å². The molecule has 0 saturated carbocycles. The third-order valence-electron chi connectivity index (χ3n) is 5.22. The molecule has 0 radical (unpaired) electrons. The molecule has 0 aromatic rings. The first-order valence-electron chi connectivity index (χ1n) is 11.0. The Morgan fingerprint density at radius 2 is 1.48 bits per heavy atom. The van der Waals surface area contributed by atoms with Gasteiger partial charge >= 0.3 is 0 Å². The van der Waals surface area contributed by atoms with Crippen molar-refractivity contribution in [3.05, 3.63) is 12.2 Å². The van der Waals surface area contributed by atoms with Gasteiger partial charge in [0, 0.05) is 13.1 Å². The van der Waals surface area contributed by atoms with Crippen molar-refractivity contribution in [2.24, 2.45) is 10.7 Å². The van der Waals surface area contributed by atoms with Crippen LogP contribution in [0.15, 0.2) is 17.1 Å². The van der Waals surface area contributed by atoms with Gasteiger partial charge in [-0.25, -0.2) is 0 Å². The predicted molar refractivity (Wildman–Crippen MR) is 112 cm³/mol. The SMILES string of the molecule is CCCCCCCCCCCCCCCC=CC(CN)N1C=NCC1. The standard InChI is InChI=1S/C22H43N3/c1-2-3-4-5-6-7-8-9-10-11-12-13-14-15-16-17-22(20-23)25-19-18-24-21-25/h16-17,21-22H,2-15,18-20,23H2,1H3. The van der Waals surface area contributed by atoms with Crippen LogP contribution >= 0.6 is 0 Å². The van der Waals surface area contributed by atoms with Crippen LogP contribution in [0, 0.1) is 0 Å². The molecule has 1 aliphatic rings. The molecule has 0 aromatic carbocycles. The lowest BCUT2D eigenvalue weighted by Crippen LogP contribution is -2.37. The summed E-state index contributed by atoms with van der Waals surface area (Å²) in [6.07, 6.45) is 26.2. The number of nitrogens with two attached hydrogens (primary N) is 1. The van der Waals surface area contributed by atoms with E-state index in [1.807, 2.05) is 6.34 Å². The minimum absolute atomic E-state index is 0.341. The zero-order valence-electron chi connectivity index (χ0n) is 16.8. The molecule has 1 atom stereocenters. The predicted octanol–water partition coefficient (Wildman–Crippen LogP) is 5.70. The Hall–Kier alpha value is -0.830. The summed E-state index contributed by atoms with van der Waals surface area (Å²) in [6, 6.07) is 0.341. The van der Waals surface area contributed by atoms with Crippen LogP contribution in [0.25, 0.3) is 0 Å². The van der Waals surface area contributed by atoms with Gasteiger partial charge in [-0.3, -0.25) is 4.99 Å². The summed E-state index contributed by atoms with van der Waals surface area (Å²) < 4.78 is 0. The lowest BCUT2D eigenvalue weighted by molar-refractivity contribution is 0.403. The second-order valence-electron chi connectivity index (χ2n) is 7.52. The molecule has 0 bridgehead atoms. The fourth-order valence-corrected chi connectivity index (χ4v) is 3.50.